The van der Waals surface area contributed by atoms with Crippen LogP contribution in [0.25, 0.3) is 0 Å². The first-order valence-corrected chi connectivity index (χ1v) is 8.36. The van der Waals surface area contributed by atoms with Crippen LogP contribution in [0.3, 0.4) is 0 Å². The first kappa shape index (κ1) is 18.5. The Morgan fingerprint density at radius 2 is 2.04 bits per heavy atom. The van der Waals surface area contributed by atoms with Gasteiger partial charge in [-0.25, -0.2) is 0 Å². The van der Waals surface area contributed by atoms with E-state index in [-0.39, 0.29) is 24.2 Å². The maximum atomic E-state index is 12.3. The summed E-state index contributed by atoms with van der Waals surface area (Å²) in [5, 5.41) is 22.3. The molecule has 0 spiro atoms. The van der Waals surface area contributed by atoms with E-state index in [0.29, 0.717) is 12.3 Å². The van der Waals surface area contributed by atoms with Gasteiger partial charge >= 0.3 is 0 Å². The van der Waals surface area contributed by atoms with E-state index >= 15 is 0 Å². The Balaban J connectivity index is 1.88. The number of phenols is 1. The number of nitrogens with zero attached hydrogens (tertiary/aromatic N) is 1. The summed E-state index contributed by atoms with van der Waals surface area (Å²) in [6.07, 6.45) is 1.55. The largest absolute Gasteiger partial charge is 0.504 e. The average Bonchev–Trinajstić information content (AvgIpc) is 2.57. The average molecular weight is 336 g/mol. The van der Waals surface area contributed by atoms with Gasteiger partial charge in [-0.1, -0.05) is 12.1 Å². The highest BCUT2D eigenvalue weighted by Gasteiger charge is 2.29. The number of methoxy groups -OCH3 is 1. The van der Waals surface area contributed by atoms with Crippen molar-refractivity contribution in [2.45, 2.75) is 38.8 Å². The number of ether oxygens (including phenoxy) is 1. The molecule has 0 atom stereocenters. The molecule has 0 aromatic heterocycles. The van der Waals surface area contributed by atoms with E-state index < -0.39 is 5.54 Å². The molecule has 0 aliphatic carbocycles. The van der Waals surface area contributed by atoms with E-state index in [9.17, 15) is 15.0 Å². The third kappa shape index (κ3) is 4.61. The number of piperidine rings is 1. The molecule has 1 aliphatic rings. The van der Waals surface area contributed by atoms with E-state index in [1.54, 1.807) is 6.07 Å². The molecular weight excluding hydrogens is 308 g/mol. The van der Waals surface area contributed by atoms with Crippen molar-refractivity contribution in [2.75, 3.05) is 26.8 Å². The summed E-state index contributed by atoms with van der Waals surface area (Å²) in [7, 11) is 1.54. The zero-order valence-corrected chi connectivity index (χ0v) is 14.7. The maximum absolute atomic E-state index is 12.3. The van der Waals surface area contributed by atoms with Gasteiger partial charge in [0.25, 0.3) is 0 Å². The summed E-state index contributed by atoms with van der Waals surface area (Å²) in [5.74, 6) is 0.654. The zero-order valence-electron chi connectivity index (χ0n) is 14.7. The topological polar surface area (TPSA) is 82.0 Å². The first-order chi connectivity index (χ1) is 11.4. The number of aliphatic hydroxyl groups excluding tert-OH is 1. The lowest BCUT2D eigenvalue weighted by Crippen LogP contribution is -2.50. The minimum absolute atomic E-state index is 0.0120. The monoisotopic (exact) mass is 336 g/mol. The van der Waals surface area contributed by atoms with Gasteiger partial charge in [0.1, 0.15) is 0 Å². The van der Waals surface area contributed by atoms with Crippen LogP contribution in [-0.2, 0) is 11.3 Å². The summed E-state index contributed by atoms with van der Waals surface area (Å²) in [4.78, 5) is 14.5. The van der Waals surface area contributed by atoms with Crippen LogP contribution in [0.2, 0.25) is 0 Å². The second-order valence-electron chi connectivity index (χ2n) is 7.05. The third-order valence-electron chi connectivity index (χ3n) is 4.51. The smallest absolute Gasteiger partial charge is 0.223 e. The third-order valence-corrected chi connectivity index (χ3v) is 4.51. The predicted molar refractivity (Wildman–Crippen MR) is 92.0 cm³/mol. The van der Waals surface area contributed by atoms with Crippen LogP contribution in [0.1, 0.15) is 32.3 Å². The van der Waals surface area contributed by atoms with Crippen LogP contribution >= 0.6 is 0 Å². The Labute approximate surface area is 143 Å². The summed E-state index contributed by atoms with van der Waals surface area (Å²) < 4.78 is 5.14. The SMILES string of the molecule is COc1cccc(CN2CCC(C(=O)NC(C)(C)CO)CC2)c1O. The Kier molecular flexibility index (Phi) is 6.07. The number of amides is 1. The van der Waals surface area contributed by atoms with Crippen molar-refractivity contribution in [1.29, 1.82) is 0 Å². The van der Waals surface area contributed by atoms with Gasteiger partial charge in [-0.2, -0.15) is 0 Å². The van der Waals surface area contributed by atoms with Gasteiger partial charge in [0.2, 0.25) is 5.91 Å². The second kappa shape index (κ2) is 7.85. The van der Waals surface area contributed by atoms with Gasteiger partial charge in [0.05, 0.1) is 19.3 Å². The van der Waals surface area contributed by atoms with Crippen molar-refractivity contribution in [3.05, 3.63) is 23.8 Å². The molecule has 1 saturated heterocycles. The second-order valence-corrected chi connectivity index (χ2v) is 7.05. The lowest BCUT2D eigenvalue weighted by molar-refractivity contribution is -0.128. The number of aliphatic hydroxyl groups is 1. The highest BCUT2D eigenvalue weighted by Crippen LogP contribution is 2.31. The fourth-order valence-corrected chi connectivity index (χ4v) is 2.93. The lowest BCUT2D eigenvalue weighted by Gasteiger charge is -2.33. The molecule has 0 unspecified atom stereocenters. The minimum atomic E-state index is -0.583. The highest BCUT2D eigenvalue weighted by atomic mass is 16.5. The standard InChI is InChI=1S/C18H28N2O4/c1-18(2,12-21)19-17(23)13-7-9-20(10-8-13)11-14-5-4-6-15(24-3)16(14)22/h4-6,13,21-22H,7-12H2,1-3H3,(H,19,23). The molecule has 24 heavy (non-hydrogen) atoms. The van der Waals surface area contributed by atoms with Crippen LogP contribution < -0.4 is 10.1 Å². The Morgan fingerprint density at radius 1 is 1.38 bits per heavy atom. The number of rotatable bonds is 6. The molecule has 1 aromatic carbocycles. The van der Waals surface area contributed by atoms with E-state index in [4.69, 9.17) is 4.74 Å². The fraction of sp³-hybridized carbons (Fsp3) is 0.611. The van der Waals surface area contributed by atoms with Crippen molar-refractivity contribution >= 4 is 5.91 Å². The molecule has 0 bridgehead atoms. The van der Waals surface area contributed by atoms with E-state index in [1.165, 1.54) is 7.11 Å². The molecule has 1 amide bonds. The quantitative estimate of drug-likeness (QED) is 0.733. The van der Waals surface area contributed by atoms with Crippen molar-refractivity contribution in [2.24, 2.45) is 5.92 Å². The summed E-state index contributed by atoms with van der Waals surface area (Å²) >= 11 is 0. The van der Waals surface area contributed by atoms with E-state index in [2.05, 4.69) is 10.2 Å². The van der Waals surface area contributed by atoms with Crippen LogP contribution in [-0.4, -0.2) is 53.4 Å². The number of phenolic OH excluding ortho intramolecular Hbond substituents is 1. The number of carbonyl (C=O) groups is 1. The molecule has 1 fully saturated rings. The molecule has 0 radical (unpaired) electrons. The van der Waals surface area contributed by atoms with Crippen LogP contribution in [0.4, 0.5) is 0 Å². The molecule has 1 aromatic rings. The number of para-hydroxylation sites is 1. The predicted octanol–water partition coefficient (Wildman–Crippen LogP) is 1.50. The molecule has 1 aliphatic heterocycles. The zero-order chi connectivity index (χ0) is 17.7. The Hall–Kier alpha value is -1.79. The number of carbonyl (C=O) groups excluding carboxylic acids is 1. The van der Waals surface area contributed by atoms with Gasteiger partial charge in [-0.05, 0) is 45.8 Å². The van der Waals surface area contributed by atoms with E-state index in [1.807, 2.05) is 26.0 Å². The molecule has 134 valence electrons. The van der Waals surface area contributed by atoms with Crippen molar-refractivity contribution in [3.8, 4) is 11.5 Å². The van der Waals surface area contributed by atoms with Gasteiger partial charge in [0, 0.05) is 18.0 Å². The van der Waals surface area contributed by atoms with Crippen molar-refractivity contribution in [1.82, 2.24) is 10.2 Å². The molecule has 0 saturated carbocycles. The molecule has 1 heterocycles. The fourth-order valence-electron chi connectivity index (χ4n) is 2.93. The Morgan fingerprint density at radius 3 is 2.62 bits per heavy atom. The van der Waals surface area contributed by atoms with Crippen LogP contribution in [0.15, 0.2) is 18.2 Å². The lowest BCUT2D eigenvalue weighted by atomic mass is 9.94. The number of likely N-dealkylation sites (tertiary alicyclic amines) is 1. The minimum Gasteiger partial charge on any atom is -0.504 e. The number of hydrogen-bond donors (Lipinski definition) is 3. The van der Waals surface area contributed by atoms with Crippen molar-refractivity contribution in [3.63, 3.8) is 0 Å². The Bertz CT molecular complexity index is 566. The number of aromatic hydroxyl groups is 1. The number of hydrogen-bond acceptors (Lipinski definition) is 5. The van der Waals surface area contributed by atoms with Gasteiger partial charge < -0.3 is 20.3 Å². The van der Waals surface area contributed by atoms with Crippen molar-refractivity contribution < 1.29 is 19.7 Å². The van der Waals surface area contributed by atoms with Gasteiger partial charge in [0.15, 0.2) is 11.5 Å². The maximum Gasteiger partial charge on any atom is 0.223 e. The number of benzene rings is 1. The number of nitrogens with one attached hydrogen (secondary N) is 1. The normalized spacial score (nSPS) is 16.8. The van der Waals surface area contributed by atoms with Crippen LogP contribution in [0.5, 0.6) is 11.5 Å². The molecule has 6 nitrogen and oxygen atoms in total. The molecule has 3 N–H and O–H groups in total. The summed E-state index contributed by atoms with van der Waals surface area (Å²) in [6.45, 7) is 5.78. The molecule has 2 rings (SSSR count). The van der Waals surface area contributed by atoms with Gasteiger partial charge in [-0.3, -0.25) is 9.69 Å². The van der Waals surface area contributed by atoms with Gasteiger partial charge in [-0.15, -0.1) is 0 Å². The molecular formula is C18H28N2O4. The molecule has 6 heteroatoms. The first-order valence-electron chi connectivity index (χ1n) is 8.36. The van der Waals surface area contributed by atoms with Crippen LogP contribution in [0, 0.1) is 5.92 Å². The van der Waals surface area contributed by atoms with E-state index in [0.717, 1.165) is 31.5 Å². The summed E-state index contributed by atoms with van der Waals surface area (Å²) in [6, 6.07) is 5.49. The highest BCUT2D eigenvalue weighted by molar-refractivity contribution is 5.79. The summed E-state index contributed by atoms with van der Waals surface area (Å²) in [5.41, 5.74) is 0.249.